The van der Waals surface area contributed by atoms with Crippen LogP contribution in [0.5, 0.6) is 0 Å². The number of hydrogen-bond acceptors (Lipinski definition) is 2. The average Bonchev–Trinajstić information content (AvgIpc) is 2.58. The third kappa shape index (κ3) is 11.5. The van der Waals surface area contributed by atoms with Crippen molar-refractivity contribution in [2.45, 2.75) is 21.8 Å². The van der Waals surface area contributed by atoms with Crippen LogP contribution >= 0.6 is 0 Å². The van der Waals surface area contributed by atoms with Crippen molar-refractivity contribution >= 4 is 36.2 Å². The Balaban J connectivity index is 0.000000332. The molecule has 2 radical (unpaired) electrons. The second kappa shape index (κ2) is 13.9. The molecular weight excluding hydrogens is 487 g/mol. The van der Waals surface area contributed by atoms with E-state index < -0.39 is 11.9 Å². The Hall–Kier alpha value is -1.70. The molecule has 2 rings (SSSR count). The molecule has 122 valence electrons. The van der Waals surface area contributed by atoms with Crippen LogP contribution in [0.25, 0.3) is 0 Å². The normalized spacial score (nSPS) is 8.78. The van der Waals surface area contributed by atoms with Crippen LogP contribution in [0.1, 0.15) is 34.6 Å². The Morgan fingerprint density at radius 1 is 0.739 bits per heavy atom. The first kappa shape index (κ1) is 21.3. The molecule has 0 saturated carbocycles. The van der Waals surface area contributed by atoms with E-state index in [1.807, 2.05) is 0 Å². The smallest absolute Gasteiger partial charge is 0.335 e. The van der Waals surface area contributed by atoms with Crippen molar-refractivity contribution in [2.24, 2.45) is 0 Å². The van der Waals surface area contributed by atoms with Crippen LogP contribution in [0.2, 0.25) is 7.96 Å². The number of hydrogen-bond donors (Lipinski definition) is 2. The van der Waals surface area contributed by atoms with Crippen molar-refractivity contribution in [3.8, 4) is 0 Å². The third-order valence-electron chi connectivity index (χ3n) is 2.54. The zero-order chi connectivity index (χ0) is 17.5. The van der Waals surface area contributed by atoms with Crippen molar-refractivity contribution in [3.63, 3.8) is 0 Å². The number of carboxylic acid groups (broad SMARTS) is 2. The van der Waals surface area contributed by atoms with E-state index in [0.29, 0.717) is 11.1 Å². The maximum Gasteiger partial charge on any atom is 0.335 e. The predicted molar refractivity (Wildman–Crippen MR) is 93.5 cm³/mol. The molecule has 0 aliphatic heterocycles. The van der Waals surface area contributed by atoms with E-state index >= 15 is 0 Å². The van der Waals surface area contributed by atoms with Gasteiger partial charge in [-0.25, -0.2) is 9.59 Å². The molecule has 0 fully saturated rings. The monoisotopic (exact) mass is 510 g/mol. The van der Waals surface area contributed by atoms with E-state index in [-0.39, 0.29) is 24.2 Å². The fourth-order valence-corrected chi connectivity index (χ4v) is 3.36. The van der Waals surface area contributed by atoms with E-state index in [0.717, 1.165) is 0 Å². The molecule has 0 bridgehead atoms. The number of benzene rings is 2. The molecule has 2 aromatic carbocycles. The quantitative estimate of drug-likeness (QED) is 0.602. The van der Waals surface area contributed by atoms with Gasteiger partial charge in [0.25, 0.3) is 0 Å². The second-order valence-corrected chi connectivity index (χ2v) is 11.7. The van der Waals surface area contributed by atoms with Gasteiger partial charge in [-0.15, -0.1) is 0 Å². The van der Waals surface area contributed by atoms with Crippen LogP contribution in [-0.4, -0.2) is 46.4 Å². The summed E-state index contributed by atoms with van der Waals surface area (Å²) >= 11 is 0.0494. The Labute approximate surface area is 149 Å². The fraction of sp³-hybridized carbons (Fsp3) is 0.222. The van der Waals surface area contributed by atoms with Gasteiger partial charge in [-0.05, 0) is 24.3 Å². The summed E-state index contributed by atoms with van der Waals surface area (Å²) in [5, 5.41) is 16.8. The summed E-state index contributed by atoms with van der Waals surface area (Å²) in [5.74, 6) is -1.76. The van der Waals surface area contributed by atoms with Crippen molar-refractivity contribution in [1.82, 2.24) is 0 Å². The van der Waals surface area contributed by atoms with Crippen LogP contribution in [-0.2, 0) is 0 Å². The van der Waals surface area contributed by atoms with E-state index in [1.165, 1.54) is 7.96 Å². The molecule has 2 aromatic rings. The number of carboxylic acids is 2. The zero-order valence-electron chi connectivity index (χ0n) is 13.4. The van der Waals surface area contributed by atoms with Crippen LogP contribution in [0, 0.1) is 0 Å². The van der Waals surface area contributed by atoms with Gasteiger partial charge >= 0.3 is 58.0 Å². The van der Waals surface area contributed by atoms with Crippen LogP contribution in [0.4, 0.5) is 0 Å². The summed E-state index contributed by atoms with van der Waals surface area (Å²) in [6.45, 7) is 4.60. The molecule has 0 aromatic heterocycles. The zero-order valence-corrected chi connectivity index (χ0v) is 17.3. The number of carbonyl (C=O) groups is 2. The predicted octanol–water partition coefficient (Wildman–Crippen LogP) is 4.34. The maximum absolute atomic E-state index is 10.2. The summed E-state index contributed by atoms with van der Waals surface area (Å²) in [6.07, 6.45) is 0. The molecule has 4 nitrogen and oxygen atoms in total. The molecule has 0 unspecified atom stereocenters. The first-order valence-corrected chi connectivity index (χ1v) is 12.8. The minimum atomic E-state index is -0.879. The largest absolute Gasteiger partial charge is 0.478 e. The van der Waals surface area contributed by atoms with Gasteiger partial charge in [-0.1, -0.05) is 36.4 Å². The molecule has 0 saturated heterocycles. The number of aromatic carboxylic acids is 2. The van der Waals surface area contributed by atoms with Crippen molar-refractivity contribution in [3.05, 3.63) is 71.8 Å². The molecule has 23 heavy (non-hydrogen) atoms. The molecule has 0 heterocycles. The van der Waals surface area contributed by atoms with E-state index in [9.17, 15) is 9.59 Å². The van der Waals surface area contributed by atoms with E-state index in [4.69, 9.17) is 10.2 Å². The Bertz CT molecular complexity index is 504. The second-order valence-electron chi connectivity index (χ2n) is 4.30. The standard InChI is InChI=1S/2C7H6O2.2C2H5.Pb/c2*8-7(9)6-4-2-1-3-5-6;2*1-2;/h2*1-5H,(H,8,9);2*1H2,2H3;. The van der Waals surface area contributed by atoms with Crippen LogP contribution < -0.4 is 0 Å². The maximum atomic E-state index is 10.2. The van der Waals surface area contributed by atoms with Gasteiger partial charge in [0.15, 0.2) is 0 Å². The summed E-state index contributed by atoms with van der Waals surface area (Å²) in [5.41, 5.74) is 0.662. The molecule has 0 aliphatic rings. The molecule has 0 spiro atoms. The minimum Gasteiger partial charge on any atom is -0.478 e. The summed E-state index contributed by atoms with van der Waals surface area (Å²) in [4.78, 5) is 20.4. The first-order chi connectivity index (χ1) is 11.0. The van der Waals surface area contributed by atoms with E-state index in [1.54, 1.807) is 60.7 Å². The van der Waals surface area contributed by atoms with E-state index in [2.05, 4.69) is 13.8 Å². The summed E-state index contributed by atoms with van der Waals surface area (Å²) in [6, 6.07) is 16.6. The molecule has 0 atom stereocenters. The summed E-state index contributed by atoms with van der Waals surface area (Å²) < 4.78 is 3.08. The van der Waals surface area contributed by atoms with Gasteiger partial charge < -0.3 is 10.2 Å². The first-order valence-electron chi connectivity index (χ1n) is 7.30. The molecular formula is C18H22O4Pb. The molecule has 0 aliphatic carbocycles. The van der Waals surface area contributed by atoms with Crippen molar-refractivity contribution in [2.75, 3.05) is 0 Å². The van der Waals surface area contributed by atoms with Gasteiger partial charge in [-0.2, -0.15) is 0 Å². The Morgan fingerprint density at radius 2 is 1.04 bits per heavy atom. The third-order valence-corrected chi connectivity index (χ3v) is 6.43. The fourth-order valence-electron chi connectivity index (χ4n) is 1.41. The SMILES string of the molecule is C[CH2][Pb][CH2]C.O=C(O)c1ccccc1.O=C(O)c1ccccc1. The Morgan fingerprint density at radius 3 is 1.17 bits per heavy atom. The molecule has 0 amide bonds. The average molecular weight is 510 g/mol. The number of rotatable bonds is 4. The van der Waals surface area contributed by atoms with Crippen molar-refractivity contribution < 1.29 is 19.8 Å². The van der Waals surface area contributed by atoms with Gasteiger partial charge in [-0.3, -0.25) is 0 Å². The van der Waals surface area contributed by atoms with Gasteiger partial charge in [0.2, 0.25) is 0 Å². The topological polar surface area (TPSA) is 74.6 Å². The van der Waals surface area contributed by atoms with Gasteiger partial charge in [0.1, 0.15) is 0 Å². The van der Waals surface area contributed by atoms with Crippen LogP contribution in [0.15, 0.2) is 60.7 Å². The van der Waals surface area contributed by atoms with Crippen molar-refractivity contribution in [1.29, 1.82) is 0 Å². The van der Waals surface area contributed by atoms with Crippen LogP contribution in [0.3, 0.4) is 0 Å². The molecule has 2 N–H and O–H groups in total. The molecule has 5 heteroatoms. The summed E-state index contributed by atoms with van der Waals surface area (Å²) in [7, 11) is 0. The van der Waals surface area contributed by atoms with Gasteiger partial charge in [0.05, 0.1) is 11.1 Å². The van der Waals surface area contributed by atoms with Gasteiger partial charge in [0, 0.05) is 0 Å². The minimum absolute atomic E-state index is 0.0494. The Kier molecular flexibility index (Phi) is 12.9.